The summed E-state index contributed by atoms with van der Waals surface area (Å²) >= 11 is 0. The van der Waals surface area contributed by atoms with Crippen LogP contribution in [0.3, 0.4) is 0 Å². The van der Waals surface area contributed by atoms with Crippen molar-refractivity contribution in [1.82, 2.24) is 34.3 Å². The van der Waals surface area contributed by atoms with Crippen molar-refractivity contribution in [3.05, 3.63) is 81.0 Å². The van der Waals surface area contributed by atoms with Gasteiger partial charge in [-0.15, -0.1) is 0 Å². The zero-order valence-electron chi connectivity index (χ0n) is 17.4. The van der Waals surface area contributed by atoms with Gasteiger partial charge in [-0.1, -0.05) is 12.1 Å². The standard InChI is InChI=1S/C22H16F3N7O2/c23-22(24,25)10-31-17-5-11(1-2-12(17)8-28-31)13-6-14(13)18-7-16(29-19-3-4-27-32(18)19)15-9-26-21(34)30-20(15)33/h1-5,7-9,13-14H,6,10H2,(H2,26,30,33,34)/t13-,14+/m1/s1. The molecule has 34 heavy (non-hydrogen) atoms. The lowest BCUT2D eigenvalue weighted by atomic mass is 10.1. The van der Waals surface area contributed by atoms with E-state index < -0.39 is 24.0 Å². The molecule has 0 amide bonds. The quantitative estimate of drug-likeness (QED) is 0.422. The number of benzene rings is 1. The Labute approximate surface area is 187 Å². The minimum atomic E-state index is -4.37. The molecule has 1 saturated carbocycles. The van der Waals surface area contributed by atoms with E-state index in [0.717, 1.165) is 22.4 Å². The van der Waals surface area contributed by atoms with Crippen LogP contribution in [0, 0.1) is 0 Å². The Kier molecular flexibility index (Phi) is 4.28. The van der Waals surface area contributed by atoms with Crippen LogP contribution >= 0.6 is 0 Å². The predicted molar refractivity (Wildman–Crippen MR) is 116 cm³/mol. The van der Waals surface area contributed by atoms with Crippen LogP contribution in [-0.2, 0) is 6.54 Å². The maximum atomic E-state index is 12.9. The molecule has 0 aliphatic heterocycles. The number of hydrogen-bond acceptors (Lipinski definition) is 5. The average molecular weight is 467 g/mol. The van der Waals surface area contributed by atoms with Gasteiger partial charge >= 0.3 is 11.9 Å². The maximum Gasteiger partial charge on any atom is 0.408 e. The Bertz CT molecular complexity index is 1680. The van der Waals surface area contributed by atoms with Crippen LogP contribution in [0.15, 0.2) is 58.5 Å². The molecule has 0 saturated heterocycles. The molecule has 0 spiro atoms. The number of hydrogen-bond donors (Lipinski definition) is 2. The molecule has 1 aliphatic carbocycles. The molecule has 4 aromatic heterocycles. The molecular weight excluding hydrogens is 451 g/mol. The fourth-order valence-corrected chi connectivity index (χ4v) is 4.44. The lowest BCUT2D eigenvalue weighted by Gasteiger charge is -2.09. The number of H-pyrrole nitrogens is 2. The van der Waals surface area contributed by atoms with Crippen molar-refractivity contribution < 1.29 is 13.2 Å². The number of fused-ring (bicyclic) bond motifs is 2. The Morgan fingerprint density at radius 2 is 1.94 bits per heavy atom. The Hall–Kier alpha value is -4.22. The van der Waals surface area contributed by atoms with E-state index in [0.29, 0.717) is 22.2 Å². The summed E-state index contributed by atoms with van der Waals surface area (Å²) in [6, 6.07) is 8.92. The third kappa shape index (κ3) is 3.47. The number of aromatic nitrogens is 7. The fraction of sp³-hybridized carbons (Fsp3) is 0.227. The largest absolute Gasteiger partial charge is 0.408 e. The molecule has 12 heteroatoms. The molecule has 4 heterocycles. The number of aromatic amines is 2. The van der Waals surface area contributed by atoms with E-state index in [2.05, 4.69) is 25.1 Å². The minimum absolute atomic E-state index is 0.0300. The number of nitrogens with zero attached hydrogens (tertiary/aromatic N) is 5. The molecule has 172 valence electrons. The summed E-state index contributed by atoms with van der Waals surface area (Å²) in [5.41, 5.74) is 2.15. The number of nitrogens with one attached hydrogen (secondary N) is 2. The molecule has 9 nitrogen and oxygen atoms in total. The van der Waals surface area contributed by atoms with Gasteiger partial charge in [0, 0.05) is 23.6 Å². The van der Waals surface area contributed by atoms with Crippen LogP contribution in [0.1, 0.15) is 29.5 Å². The van der Waals surface area contributed by atoms with Crippen molar-refractivity contribution in [3.8, 4) is 11.3 Å². The van der Waals surface area contributed by atoms with Crippen LogP contribution in [0.4, 0.5) is 13.2 Å². The molecule has 0 unspecified atom stereocenters. The van der Waals surface area contributed by atoms with E-state index in [-0.39, 0.29) is 17.4 Å². The van der Waals surface area contributed by atoms with Crippen molar-refractivity contribution in [3.63, 3.8) is 0 Å². The predicted octanol–water partition coefficient (Wildman–Crippen LogP) is 2.96. The average Bonchev–Trinajstić information content (AvgIpc) is 3.26. The third-order valence-electron chi connectivity index (χ3n) is 6.08. The van der Waals surface area contributed by atoms with Gasteiger partial charge in [0.2, 0.25) is 0 Å². The highest BCUT2D eigenvalue weighted by molar-refractivity contribution is 5.79. The second kappa shape index (κ2) is 7.14. The first-order chi connectivity index (χ1) is 16.3. The summed E-state index contributed by atoms with van der Waals surface area (Å²) < 4.78 is 41.4. The third-order valence-corrected chi connectivity index (χ3v) is 6.08. The molecule has 2 atom stereocenters. The van der Waals surface area contributed by atoms with Gasteiger partial charge in [-0.3, -0.25) is 14.5 Å². The van der Waals surface area contributed by atoms with Crippen LogP contribution in [0.5, 0.6) is 0 Å². The zero-order chi connectivity index (χ0) is 23.6. The summed E-state index contributed by atoms with van der Waals surface area (Å²) in [6.07, 6.45) is 0.751. The van der Waals surface area contributed by atoms with E-state index in [1.165, 1.54) is 12.4 Å². The van der Waals surface area contributed by atoms with Crippen molar-refractivity contribution in [1.29, 1.82) is 0 Å². The summed E-state index contributed by atoms with van der Waals surface area (Å²) in [4.78, 5) is 32.8. The lowest BCUT2D eigenvalue weighted by Crippen LogP contribution is -2.23. The van der Waals surface area contributed by atoms with Gasteiger partial charge in [-0.2, -0.15) is 23.4 Å². The highest BCUT2D eigenvalue weighted by atomic mass is 19.4. The van der Waals surface area contributed by atoms with E-state index in [9.17, 15) is 22.8 Å². The van der Waals surface area contributed by atoms with Gasteiger partial charge in [0.1, 0.15) is 6.54 Å². The smallest absolute Gasteiger partial charge is 0.313 e. The van der Waals surface area contributed by atoms with Gasteiger partial charge < -0.3 is 4.98 Å². The molecule has 1 fully saturated rings. The van der Waals surface area contributed by atoms with Crippen LogP contribution in [0.25, 0.3) is 27.8 Å². The lowest BCUT2D eigenvalue weighted by molar-refractivity contribution is -0.141. The SMILES string of the molecule is O=c1[nH]cc(-c2cc([C@H]3C[C@@H]3c3ccc4cnn(CC(F)(F)F)c4c3)n3nccc3n2)c(=O)[nH]1. The summed E-state index contributed by atoms with van der Waals surface area (Å²) in [5.74, 6) is 0.0950. The first kappa shape index (κ1) is 20.4. The highest BCUT2D eigenvalue weighted by Crippen LogP contribution is 2.55. The van der Waals surface area contributed by atoms with E-state index in [1.807, 2.05) is 6.07 Å². The molecule has 6 rings (SSSR count). The van der Waals surface area contributed by atoms with Crippen molar-refractivity contribution in [2.24, 2.45) is 0 Å². The first-order valence-corrected chi connectivity index (χ1v) is 10.5. The van der Waals surface area contributed by atoms with Crippen molar-refractivity contribution in [2.75, 3.05) is 0 Å². The van der Waals surface area contributed by atoms with Gasteiger partial charge in [-0.05, 0) is 30.0 Å². The van der Waals surface area contributed by atoms with Crippen molar-refractivity contribution in [2.45, 2.75) is 31.0 Å². The van der Waals surface area contributed by atoms with Gasteiger partial charge in [0.25, 0.3) is 5.56 Å². The van der Waals surface area contributed by atoms with Gasteiger partial charge in [0.05, 0.1) is 34.9 Å². The van der Waals surface area contributed by atoms with Crippen LogP contribution in [-0.4, -0.2) is 40.5 Å². The van der Waals surface area contributed by atoms with Crippen molar-refractivity contribution >= 4 is 16.6 Å². The topological polar surface area (TPSA) is 114 Å². The zero-order valence-corrected chi connectivity index (χ0v) is 17.4. The minimum Gasteiger partial charge on any atom is -0.313 e. The van der Waals surface area contributed by atoms with E-state index in [4.69, 9.17) is 0 Å². The summed E-state index contributed by atoms with van der Waals surface area (Å²) in [5, 5.41) is 8.88. The monoisotopic (exact) mass is 467 g/mol. The molecule has 1 aliphatic rings. The molecule has 0 bridgehead atoms. The van der Waals surface area contributed by atoms with Gasteiger partial charge in [0.15, 0.2) is 5.65 Å². The Morgan fingerprint density at radius 1 is 1.09 bits per heavy atom. The maximum absolute atomic E-state index is 12.9. The summed E-state index contributed by atoms with van der Waals surface area (Å²) in [7, 11) is 0. The van der Waals surface area contributed by atoms with Gasteiger partial charge in [-0.25, -0.2) is 14.3 Å². The molecular formula is C22H16F3N7O2. The first-order valence-electron chi connectivity index (χ1n) is 10.5. The molecule has 5 aromatic rings. The molecule has 2 N–H and O–H groups in total. The number of rotatable bonds is 4. The Morgan fingerprint density at radius 3 is 2.74 bits per heavy atom. The fourth-order valence-electron chi connectivity index (χ4n) is 4.44. The van der Waals surface area contributed by atoms with E-state index in [1.54, 1.807) is 35.0 Å². The number of halogens is 3. The molecule has 1 aromatic carbocycles. The summed E-state index contributed by atoms with van der Waals surface area (Å²) in [6.45, 7) is -1.15. The Balaban J connectivity index is 1.39. The second-order valence-corrected chi connectivity index (χ2v) is 8.34. The van der Waals surface area contributed by atoms with Crippen LogP contribution in [0.2, 0.25) is 0 Å². The molecule has 0 radical (unpaired) electrons. The highest BCUT2D eigenvalue weighted by Gasteiger charge is 2.42. The second-order valence-electron chi connectivity index (χ2n) is 8.34. The van der Waals surface area contributed by atoms with Crippen LogP contribution < -0.4 is 11.2 Å². The normalized spacial score (nSPS) is 18.1. The van der Waals surface area contributed by atoms with E-state index >= 15 is 0 Å². The number of alkyl halides is 3.